The molecule has 1 N–H and O–H groups in total. The van der Waals surface area contributed by atoms with Crippen LogP contribution in [0.3, 0.4) is 0 Å². The van der Waals surface area contributed by atoms with Crippen molar-refractivity contribution in [1.82, 2.24) is 5.32 Å². The lowest BCUT2D eigenvalue weighted by Crippen LogP contribution is -2.37. The second-order valence-electron chi connectivity index (χ2n) is 4.24. The molecule has 0 spiro atoms. The molecule has 0 radical (unpaired) electrons. The van der Waals surface area contributed by atoms with Crippen molar-refractivity contribution < 1.29 is 8.42 Å². The third-order valence-electron chi connectivity index (χ3n) is 2.54. The number of sulfone groups is 1. The lowest BCUT2D eigenvalue weighted by Gasteiger charge is -2.19. The second-order valence-corrected chi connectivity index (χ2v) is 6.64. The van der Waals surface area contributed by atoms with Crippen molar-refractivity contribution >= 4 is 9.84 Å². The minimum Gasteiger partial charge on any atom is -0.314 e. The summed E-state index contributed by atoms with van der Waals surface area (Å²) in [5, 5.41) is 2.87. The third kappa shape index (κ3) is 4.42. The molecule has 0 heterocycles. The standard InChI is InChI=1S/C10H23NO2S/c1-6-11-9(4)7-14(12,13)10(5)8(2)3/h8-11H,6-7H2,1-5H3. The maximum absolute atomic E-state index is 11.8. The van der Waals surface area contributed by atoms with Gasteiger partial charge in [-0.1, -0.05) is 20.8 Å². The molecular weight excluding hydrogens is 198 g/mol. The maximum atomic E-state index is 11.8. The molecular formula is C10H23NO2S. The van der Waals surface area contributed by atoms with E-state index in [-0.39, 0.29) is 23.0 Å². The van der Waals surface area contributed by atoms with Crippen molar-refractivity contribution in [1.29, 1.82) is 0 Å². The van der Waals surface area contributed by atoms with E-state index in [1.807, 2.05) is 27.7 Å². The molecule has 0 aliphatic heterocycles. The largest absolute Gasteiger partial charge is 0.314 e. The van der Waals surface area contributed by atoms with Crippen LogP contribution in [0, 0.1) is 5.92 Å². The Bertz CT molecular complexity index is 247. The van der Waals surface area contributed by atoms with Gasteiger partial charge in [-0.2, -0.15) is 0 Å². The fourth-order valence-corrected chi connectivity index (χ4v) is 3.27. The fraction of sp³-hybridized carbons (Fsp3) is 1.00. The van der Waals surface area contributed by atoms with Crippen LogP contribution in [-0.2, 0) is 9.84 Å². The number of hydrogen-bond donors (Lipinski definition) is 1. The van der Waals surface area contributed by atoms with Crippen LogP contribution in [0.2, 0.25) is 0 Å². The highest BCUT2D eigenvalue weighted by Crippen LogP contribution is 2.13. The number of rotatable bonds is 6. The Morgan fingerprint density at radius 1 is 1.14 bits per heavy atom. The molecule has 0 saturated carbocycles. The number of hydrogen-bond acceptors (Lipinski definition) is 3. The summed E-state index contributed by atoms with van der Waals surface area (Å²) in [6, 6.07) is 0.0474. The minimum absolute atomic E-state index is 0.0474. The summed E-state index contributed by atoms with van der Waals surface area (Å²) in [4.78, 5) is 0. The lowest BCUT2D eigenvalue weighted by atomic mass is 10.2. The average Bonchev–Trinajstić information content (AvgIpc) is 2.02. The molecule has 0 rings (SSSR count). The van der Waals surface area contributed by atoms with Gasteiger partial charge < -0.3 is 5.32 Å². The molecule has 0 aromatic heterocycles. The van der Waals surface area contributed by atoms with Gasteiger partial charge in [0.05, 0.1) is 11.0 Å². The Morgan fingerprint density at radius 3 is 2.00 bits per heavy atom. The zero-order valence-electron chi connectivity index (χ0n) is 9.87. The van der Waals surface area contributed by atoms with E-state index in [2.05, 4.69) is 5.32 Å². The molecule has 3 nitrogen and oxygen atoms in total. The first-order valence-corrected chi connectivity index (χ1v) is 6.97. The van der Waals surface area contributed by atoms with Gasteiger partial charge in [0.15, 0.2) is 9.84 Å². The highest BCUT2D eigenvalue weighted by Gasteiger charge is 2.25. The Kier molecular flexibility index (Phi) is 5.67. The van der Waals surface area contributed by atoms with E-state index in [4.69, 9.17) is 0 Å². The Morgan fingerprint density at radius 2 is 1.64 bits per heavy atom. The van der Waals surface area contributed by atoms with Crippen LogP contribution in [0.5, 0.6) is 0 Å². The van der Waals surface area contributed by atoms with Crippen molar-refractivity contribution in [3.63, 3.8) is 0 Å². The maximum Gasteiger partial charge on any atom is 0.154 e. The van der Waals surface area contributed by atoms with Crippen LogP contribution in [0.25, 0.3) is 0 Å². The molecule has 2 unspecified atom stereocenters. The van der Waals surface area contributed by atoms with Crippen LogP contribution in [-0.4, -0.2) is 32.0 Å². The first-order valence-electron chi connectivity index (χ1n) is 5.26. The summed E-state index contributed by atoms with van der Waals surface area (Å²) in [6.45, 7) is 10.4. The van der Waals surface area contributed by atoms with E-state index in [0.717, 1.165) is 6.54 Å². The van der Waals surface area contributed by atoms with Crippen LogP contribution in [0.1, 0.15) is 34.6 Å². The quantitative estimate of drug-likeness (QED) is 0.738. The van der Waals surface area contributed by atoms with Crippen LogP contribution < -0.4 is 5.32 Å². The van der Waals surface area contributed by atoms with Crippen LogP contribution in [0.4, 0.5) is 0 Å². The van der Waals surface area contributed by atoms with Gasteiger partial charge in [-0.15, -0.1) is 0 Å². The van der Waals surface area contributed by atoms with Gasteiger partial charge in [0, 0.05) is 6.04 Å². The smallest absolute Gasteiger partial charge is 0.154 e. The zero-order valence-corrected chi connectivity index (χ0v) is 10.7. The van der Waals surface area contributed by atoms with E-state index in [0.29, 0.717) is 0 Å². The second kappa shape index (κ2) is 5.71. The highest BCUT2D eigenvalue weighted by molar-refractivity contribution is 7.92. The molecule has 0 aliphatic rings. The first kappa shape index (κ1) is 13.9. The van der Waals surface area contributed by atoms with Crippen molar-refractivity contribution in [2.45, 2.75) is 45.9 Å². The summed E-state index contributed by atoms with van der Waals surface area (Å²) in [5.74, 6) is 0.425. The van der Waals surface area contributed by atoms with Gasteiger partial charge >= 0.3 is 0 Å². The van der Waals surface area contributed by atoms with Crippen molar-refractivity contribution in [2.24, 2.45) is 5.92 Å². The lowest BCUT2D eigenvalue weighted by molar-refractivity contribution is 0.529. The summed E-state index contributed by atoms with van der Waals surface area (Å²) in [7, 11) is -2.94. The molecule has 0 aliphatic carbocycles. The molecule has 0 amide bonds. The molecule has 0 aromatic carbocycles. The highest BCUT2D eigenvalue weighted by atomic mass is 32.2. The molecule has 2 atom stereocenters. The summed E-state index contributed by atoms with van der Waals surface area (Å²) < 4.78 is 23.6. The summed E-state index contributed by atoms with van der Waals surface area (Å²) in [6.07, 6.45) is 0. The molecule has 0 bridgehead atoms. The molecule has 0 saturated heterocycles. The Hall–Kier alpha value is -0.0900. The predicted molar refractivity (Wildman–Crippen MR) is 61.2 cm³/mol. The molecule has 0 fully saturated rings. The SMILES string of the molecule is CCNC(C)CS(=O)(=O)C(C)C(C)C. The summed E-state index contributed by atoms with van der Waals surface area (Å²) >= 11 is 0. The topological polar surface area (TPSA) is 46.2 Å². The van der Waals surface area contributed by atoms with Gasteiger partial charge in [0.25, 0.3) is 0 Å². The monoisotopic (exact) mass is 221 g/mol. The van der Waals surface area contributed by atoms with Gasteiger partial charge in [0.2, 0.25) is 0 Å². The van der Waals surface area contributed by atoms with Crippen molar-refractivity contribution in [2.75, 3.05) is 12.3 Å². The van der Waals surface area contributed by atoms with Crippen molar-refractivity contribution in [3.05, 3.63) is 0 Å². The van der Waals surface area contributed by atoms with E-state index in [9.17, 15) is 8.42 Å². The van der Waals surface area contributed by atoms with Crippen LogP contribution >= 0.6 is 0 Å². The van der Waals surface area contributed by atoms with Crippen LogP contribution in [0.15, 0.2) is 0 Å². The van der Waals surface area contributed by atoms with E-state index in [1.54, 1.807) is 6.92 Å². The Balaban J connectivity index is 4.34. The van der Waals surface area contributed by atoms with Crippen molar-refractivity contribution in [3.8, 4) is 0 Å². The third-order valence-corrected chi connectivity index (χ3v) is 5.18. The van der Waals surface area contributed by atoms with E-state index in [1.165, 1.54) is 0 Å². The number of nitrogens with one attached hydrogen (secondary N) is 1. The first-order chi connectivity index (χ1) is 6.31. The zero-order chi connectivity index (χ0) is 11.4. The Labute approximate surface area is 88.2 Å². The van der Waals surface area contributed by atoms with Gasteiger partial charge in [-0.25, -0.2) is 8.42 Å². The van der Waals surface area contributed by atoms with Gasteiger partial charge in [0.1, 0.15) is 0 Å². The van der Waals surface area contributed by atoms with Gasteiger partial charge in [-0.05, 0) is 26.3 Å². The molecule has 0 aromatic rings. The molecule has 4 heteroatoms. The van der Waals surface area contributed by atoms with E-state index < -0.39 is 9.84 Å². The molecule has 86 valence electrons. The molecule has 14 heavy (non-hydrogen) atoms. The fourth-order valence-electron chi connectivity index (χ4n) is 1.32. The minimum atomic E-state index is -2.94. The van der Waals surface area contributed by atoms with E-state index >= 15 is 0 Å². The van der Waals surface area contributed by atoms with Gasteiger partial charge in [-0.3, -0.25) is 0 Å². The normalized spacial score (nSPS) is 17.0. The summed E-state index contributed by atoms with van der Waals surface area (Å²) in [5.41, 5.74) is 0. The predicted octanol–water partition coefficient (Wildman–Crippen LogP) is 1.44. The average molecular weight is 221 g/mol.